The van der Waals surface area contributed by atoms with Crippen LogP contribution >= 0.6 is 0 Å². The lowest BCUT2D eigenvalue weighted by Gasteiger charge is -2.15. The van der Waals surface area contributed by atoms with Crippen molar-refractivity contribution in [2.24, 2.45) is 11.7 Å². The first-order valence-corrected chi connectivity index (χ1v) is 8.40. The van der Waals surface area contributed by atoms with E-state index >= 15 is 0 Å². The number of amides is 2. The number of likely N-dealkylation sites (tertiary alicyclic amines) is 1. The number of rotatable bonds is 6. The number of primary amides is 1. The highest BCUT2D eigenvalue weighted by Gasteiger charge is 2.27. The van der Waals surface area contributed by atoms with Gasteiger partial charge in [0, 0.05) is 12.6 Å². The zero-order chi connectivity index (χ0) is 17.8. The number of benzene rings is 1. The first-order chi connectivity index (χ1) is 12.0. The number of aryl methyl sites for hydroxylation is 1. The van der Waals surface area contributed by atoms with Crippen LogP contribution in [-0.2, 0) is 16.1 Å². The van der Waals surface area contributed by atoms with Crippen molar-refractivity contribution in [1.82, 2.24) is 14.7 Å². The molecule has 132 valence electrons. The molecule has 1 aliphatic rings. The number of carbonyl (C=O) groups is 2. The average Bonchev–Trinajstić information content (AvgIpc) is 3.17. The molecule has 1 aliphatic heterocycles. The molecule has 1 saturated heterocycles. The molecule has 3 rings (SSSR count). The Kier molecular flexibility index (Phi) is 5.14. The molecule has 2 heterocycles. The largest absolute Gasteiger partial charge is 0.369 e. The van der Waals surface area contributed by atoms with E-state index in [9.17, 15) is 9.59 Å². The molecule has 1 aromatic heterocycles. The molecule has 0 radical (unpaired) electrons. The summed E-state index contributed by atoms with van der Waals surface area (Å²) in [4.78, 5) is 25.5. The van der Waals surface area contributed by atoms with Gasteiger partial charge in [-0.2, -0.15) is 5.10 Å². The van der Waals surface area contributed by atoms with Crippen LogP contribution in [0.25, 0.3) is 0 Å². The Morgan fingerprint density at radius 2 is 2.20 bits per heavy atom. The molecule has 0 bridgehead atoms. The van der Waals surface area contributed by atoms with Gasteiger partial charge in [-0.05, 0) is 25.5 Å². The average molecular weight is 341 g/mol. The van der Waals surface area contributed by atoms with Crippen LogP contribution in [0.5, 0.6) is 0 Å². The standard InChI is InChI=1S/C18H23N5O2/c1-13-3-2-4-14(9-13)10-23-16(5-7-20-23)21-17(24)12-22-8-6-15(11-22)18(19)25/h2-5,7,9,15H,6,8,10-12H2,1H3,(H2,19,25)(H,21,24). The van der Waals surface area contributed by atoms with Gasteiger partial charge in [0.25, 0.3) is 0 Å². The summed E-state index contributed by atoms with van der Waals surface area (Å²) in [5.41, 5.74) is 7.64. The van der Waals surface area contributed by atoms with E-state index in [0.717, 1.165) is 5.56 Å². The Morgan fingerprint density at radius 1 is 1.36 bits per heavy atom. The Morgan fingerprint density at radius 3 is 2.92 bits per heavy atom. The SMILES string of the molecule is Cc1cccc(Cn2nccc2NC(=O)CN2CCC(C(N)=O)C2)c1. The van der Waals surface area contributed by atoms with Gasteiger partial charge in [-0.25, -0.2) is 4.68 Å². The van der Waals surface area contributed by atoms with Crippen molar-refractivity contribution in [1.29, 1.82) is 0 Å². The Labute approximate surface area is 146 Å². The lowest BCUT2D eigenvalue weighted by molar-refractivity contribution is -0.122. The summed E-state index contributed by atoms with van der Waals surface area (Å²) < 4.78 is 1.77. The van der Waals surface area contributed by atoms with Crippen LogP contribution in [0.1, 0.15) is 17.5 Å². The Hall–Kier alpha value is -2.67. The summed E-state index contributed by atoms with van der Waals surface area (Å²) in [6, 6.07) is 9.97. The number of carbonyl (C=O) groups excluding carboxylic acids is 2. The number of anilines is 1. The van der Waals surface area contributed by atoms with Crippen molar-refractivity contribution in [2.45, 2.75) is 19.9 Å². The second-order valence-electron chi connectivity index (χ2n) is 6.53. The summed E-state index contributed by atoms with van der Waals surface area (Å²) in [6.07, 6.45) is 2.39. The summed E-state index contributed by atoms with van der Waals surface area (Å²) in [7, 11) is 0. The minimum absolute atomic E-state index is 0.115. The van der Waals surface area contributed by atoms with Crippen LogP contribution in [0.15, 0.2) is 36.5 Å². The molecule has 7 nitrogen and oxygen atoms in total. The number of nitrogens with two attached hydrogens (primary N) is 1. The van der Waals surface area contributed by atoms with Crippen LogP contribution in [0, 0.1) is 12.8 Å². The number of aromatic nitrogens is 2. The molecule has 7 heteroatoms. The van der Waals surface area contributed by atoms with Crippen LogP contribution in [0.3, 0.4) is 0 Å². The number of nitrogens with zero attached hydrogens (tertiary/aromatic N) is 3. The fourth-order valence-electron chi connectivity index (χ4n) is 3.14. The van der Waals surface area contributed by atoms with Crippen molar-refractivity contribution in [2.75, 3.05) is 25.0 Å². The number of hydrogen-bond donors (Lipinski definition) is 2. The van der Waals surface area contributed by atoms with Gasteiger partial charge >= 0.3 is 0 Å². The molecule has 0 spiro atoms. The lowest BCUT2D eigenvalue weighted by atomic mass is 10.1. The number of nitrogens with one attached hydrogen (secondary N) is 1. The maximum Gasteiger partial charge on any atom is 0.239 e. The zero-order valence-electron chi connectivity index (χ0n) is 14.3. The van der Waals surface area contributed by atoms with Crippen molar-refractivity contribution in [3.63, 3.8) is 0 Å². The first kappa shape index (κ1) is 17.2. The van der Waals surface area contributed by atoms with Crippen LogP contribution in [0.2, 0.25) is 0 Å². The molecular weight excluding hydrogens is 318 g/mol. The van der Waals surface area contributed by atoms with E-state index in [1.54, 1.807) is 16.9 Å². The molecule has 1 atom stereocenters. The highest BCUT2D eigenvalue weighted by atomic mass is 16.2. The van der Waals surface area contributed by atoms with Crippen molar-refractivity contribution >= 4 is 17.6 Å². The Balaban J connectivity index is 1.57. The van der Waals surface area contributed by atoms with Crippen LogP contribution in [-0.4, -0.2) is 46.1 Å². The summed E-state index contributed by atoms with van der Waals surface area (Å²) in [6.45, 7) is 4.15. The van der Waals surface area contributed by atoms with Gasteiger partial charge in [0.1, 0.15) is 5.82 Å². The van der Waals surface area contributed by atoms with Crippen molar-refractivity contribution < 1.29 is 9.59 Å². The topological polar surface area (TPSA) is 93.2 Å². The summed E-state index contributed by atoms with van der Waals surface area (Å²) in [5.74, 6) is 0.104. The van der Waals surface area contributed by atoms with E-state index in [2.05, 4.69) is 16.5 Å². The third-order valence-electron chi connectivity index (χ3n) is 4.44. The minimum Gasteiger partial charge on any atom is -0.369 e. The second kappa shape index (κ2) is 7.48. The van der Waals surface area contributed by atoms with Gasteiger partial charge in [-0.3, -0.25) is 14.5 Å². The molecule has 2 aromatic rings. The third-order valence-corrected chi connectivity index (χ3v) is 4.44. The molecule has 1 fully saturated rings. The minimum atomic E-state index is -0.292. The first-order valence-electron chi connectivity index (χ1n) is 8.40. The predicted octanol–water partition coefficient (Wildman–Crippen LogP) is 0.986. The second-order valence-corrected chi connectivity index (χ2v) is 6.53. The predicted molar refractivity (Wildman–Crippen MR) is 94.9 cm³/mol. The van der Waals surface area contributed by atoms with Crippen molar-refractivity contribution in [3.05, 3.63) is 47.7 Å². The molecule has 1 aromatic carbocycles. The lowest BCUT2D eigenvalue weighted by Crippen LogP contribution is -2.33. The van der Waals surface area contributed by atoms with E-state index in [0.29, 0.717) is 31.9 Å². The van der Waals surface area contributed by atoms with Gasteiger partial charge in [0.15, 0.2) is 0 Å². The van der Waals surface area contributed by atoms with E-state index in [-0.39, 0.29) is 24.3 Å². The molecule has 2 amide bonds. The highest BCUT2D eigenvalue weighted by molar-refractivity contribution is 5.91. The van der Waals surface area contributed by atoms with Gasteiger partial charge in [0.05, 0.1) is 25.2 Å². The van der Waals surface area contributed by atoms with Crippen LogP contribution in [0.4, 0.5) is 5.82 Å². The molecular formula is C18H23N5O2. The van der Waals surface area contributed by atoms with E-state index in [1.807, 2.05) is 30.0 Å². The van der Waals surface area contributed by atoms with Gasteiger partial charge < -0.3 is 11.1 Å². The third kappa shape index (κ3) is 4.45. The van der Waals surface area contributed by atoms with E-state index in [4.69, 9.17) is 5.73 Å². The van der Waals surface area contributed by atoms with Gasteiger partial charge in [-0.15, -0.1) is 0 Å². The molecule has 0 aliphatic carbocycles. The van der Waals surface area contributed by atoms with Crippen molar-refractivity contribution in [3.8, 4) is 0 Å². The van der Waals surface area contributed by atoms with Gasteiger partial charge in [0.2, 0.25) is 11.8 Å². The fourth-order valence-corrected chi connectivity index (χ4v) is 3.14. The zero-order valence-corrected chi connectivity index (χ0v) is 14.3. The maximum absolute atomic E-state index is 12.3. The molecule has 3 N–H and O–H groups in total. The monoisotopic (exact) mass is 341 g/mol. The highest BCUT2D eigenvalue weighted by Crippen LogP contribution is 2.16. The summed E-state index contributed by atoms with van der Waals surface area (Å²) >= 11 is 0. The van der Waals surface area contributed by atoms with Gasteiger partial charge in [-0.1, -0.05) is 29.8 Å². The number of hydrogen-bond acceptors (Lipinski definition) is 4. The quantitative estimate of drug-likeness (QED) is 0.819. The molecule has 1 unspecified atom stereocenters. The Bertz CT molecular complexity index is 770. The van der Waals surface area contributed by atoms with Crippen LogP contribution < -0.4 is 11.1 Å². The van der Waals surface area contributed by atoms with E-state index < -0.39 is 0 Å². The maximum atomic E-state index is 12.3. The molecule has 0 saturated carbocycles. The normalized spacial score (nSPS) is 17.6. The van der Waals surface area contributed by atoms with E-state index in [1.165, 1.54) is 5.56 Å². The smallest absolute Gasteiger partial charge is 0.239 e. The summed E-state index contributed by atoms with van der Waals surface area (Å²) in [5, 5.41) is 7.19. The molecule has 25 heavy (non-hydrogen) atoms. The fraction of sp³-hybridized carbons (Fsp3) is 0.389.